The van der Waals surface area contributed by atoms with Gasteiger partial charge in [-0.2, -0.15) is 0 Å². The van der Waals surface area contributed by atoms with Crippen LogP contribution in [0.1, 0.15) is 16.8 Å². The molecule has 0 spiro atoms. The van der Waals surface area contributed by atoms with E-state index in [2.05, 4.69) is 0 Å². The number of Topliss-reactive ketones (excluding diaryl/α,β-unsaturated/α-hetero) is 1. The Kier molecular flexibility index (Phi) is 3.94. The topological polar surface area (TPSA) is 72.5 Å². The van der Waals surface area contributed by atoms with Gasteiger partial charge in [0, 0.05) is 6.42 Å². The first-order valence-electron chi connectivity index (χ1n) is 4.40. The van der Waals surface area contributed by atoms with Gasteiger partial charge in [0.25, 0.3) is 0 Å². The monoisotopic (exact) mass is 229 g/mol. The summed E-state index contributed by atoms with van der Waals surface area (Å²) in [4.78, 5) is 11.6. The number of carbonyl (C=O) groups excluding carboxylic acids is 1. The molecule has 0 bridgehead atoms. The molecule has 0 saturated heterocycles. The number of nitrogens with two attached hydrogens (primary N) is 1. The van der Waals surface area contributed by atoms with Crippen molar-refractivity contribution in [3.8, 4) is 11.5 Å². The average Bonchev–Trinajstić information content (AvgIpc) is 2.18. The van der Waals surface area contributed by atoms with Crippen LogP contribution in [0.25, 0.3) is 0 Å². The van der Waals surface area contributed by atoms with Crippen LogP contribution in [0.4, 0.5) is 0 Å². The summed E-state index contributed by atoms with van der Waals surface area (Å²) in [5.41, 5.74) is 5.33. The van der Waals surface area contributed by atoms with Gasteiger partial charge in [-0.3, -0.25) is 4.79 Å². The number of hydrogen-bond acceptors (Lipinski definition) is 4. The van der Waals surface area contributed by atoms with Crippen LogP contribution in [0.5, 0.6) is 11.5 Å². The molecule has 1 rings (SSSR count). The van der Waals surface area contributed by atoms with Crippen molar-refractivity contribution in [2.24, 2.45) is 5.73 Å². The van der Waals surface area contributed by atoms with Crippen LogP contribution in [-0.2, 0) is 0 Å². The molecule has 3 N–H and O–H groups in total. The van der Waals surface area contributed by atoms with Crippen LogP contribution in [-0.4, -0.2) is 24.5 Å². The number of hydrogen-bond donors (Lipinski definition) is 2. The Morgan fingerprint density at radius 1 is 1.60 bits per heavy atom. The highest BCUT2D eigenvalue weighted by molar-refractivity contribution is 6.34. The van der Waals surface area contributed by atoms with Crippen molar-refractivity contribution in [2.45, 2.75) is 6.42 Å². The highest BCUT2D eigenvalue weighted by atomic mass is 35.5. The Morgan fingerprint density at radius 3 is 2.80 bits per heavy atom. The first-order valence-corrected chi connectivity index (χ1v) is 4.78. The van der Waals surface area contributed by atoms with Gasteiger partial charge in [-0.1, -0.05) is 11.6 Å². The second-order valence-electron chi connectivity index (χ2n) is 2.94. The molecule has 0 aromatic heterocycles. The molecule has 0 amide bonds. The lowest BCUT2D eigenvalue weighted by atomic mass is 10.1. The van der Waals surface area contributed by atoms with Crippen molar-refractivity contribution < 1.29 is 14.6 Å². The lowest BCUT2D eigenvalue weighted by Gasteiger charge is -2.09. The molecular formula is C10H12ClNO3. The minimum absolute atomic E-state index is 0.0708. The third kappa shape index (κ3) is 2.40. The molecule has 0 unspecified atom stereocenters. The molecule has 15 heavy (non-hydrogen) atoms. The van der Waals surface area contributed by atoms with Crippen LogP contribution < -0.4 is 10.5 Å². The summed E-state index contributed by atoms with van der Waals surface area (Å²) >= 11 is 5.81. The van der Waals surface area contributed by atoms with E-state index in [1.54, 1.807) is 0 Å². The zero-order chi connectivity index (χ0) is 11.4. The molecule has 0 fully saturated rings. The van der Waals surface area contributed by atoms with Crippen LogP contribution >= 0.6 is 11.6 Å². The number of methoxy groups -OCH3 is 1. The van der Waals surface area contributed by atoms with Crippen molar-refractivity contribution in [3.05, 3.63) is 22.7 Å². The highest BCUT2D eigenvalue weighted by Crippen LogP contribution is 2.35. The maximum atomic E-state index is 11.6. The fourth-order valence-electron chi connectivity index (χ4n) is 1.23. The summed E-state index contributed by atoms with van der Waals surface area (Å²) < 4.78 is 4.88. The zero-order valence-electron chi connectivity index (χ0n) is 8.29. The number of phenolic OH excluding ortho intramolecular Hbond substituents is 1. The Morgan fingerprint density at radius 2 is 2.27 bits per heavy atom. The first-order chi connectivity index (χ1) is 7.11. The molecule has 0 aliphatic rings. The van der Waals surface area contributed by atoms with E-state index in [0.29, 0.717) is 0 Å². The van der Waals surface area contributed by atoms with E-state index in [4.69, 9.17) is 22.1 Å². The van der Waals surface area contributed by atoms with Gasteiger partial charge in [0.2, 0.25) is 0 Å². The fraction of sp³-hybridized carbons (Fsp3) is 0.300. The number of rotatable bonds is 4. The van der Waals surface area contributed by atoms with Gasteiger partial charge in [0.05, 0.1) is 17.7 Å². The maximum absolute atomic E-state index is 11.6. The summed E-state index contributed by atoms with van der Waals surface area (Å²) in [7, 11) is 1.40. The molecule has 0 aliphatic carbocycles. The van der Waals surface area contributed by atoms with Gasteiger partial charge >= 0.3 is 0 Å². The minimum atomic E-state index is -0.293. The number of ether oxygens (including phenoxy) is 1. The molecule has 0 aliphatic heterocycles. The smallest absolute Gasteiger partial charge is 0.170 e. The molecule has 1 aromatic rings. The van der Waals surface area contributed by atoms with E-state index in [0.717, 1.165) is 0 Å². The van der Waals surface area contributed by atoms with E-state index >= 15 is 0 Å². The molecule has 1 aromatic carbocycles. The van der Waals surface area contributed by atoms with Gasteiger partial charge in [0.1, 0.15) is 0 Å². The van der Waals surface area contributed by atoms with Crippen LogP contribution in [0.2, 0.25) is 5.02 Å². The third-order valence-corrected chi connectivity index (χ3v) is 2.28. The van der Waals surface area contributed by atoms with Crippen molar-refractivity contribution in [1.82, 2.24) is 0 Å². The van der Waals surface area contributed by atoms with E-state index in [1.807, 2.05) is 0 Å². The molecule has 0 saturated carbocycles. The molecule has 0 heterocycles. The minimum Gasteiger partial charge on any atom is -0.504 e. The highest BCUT2D eigenvalue weighted by Gasteiger charge is 2.18. The van der Waals surface area contributed by atoms with Crippen molar-refractivity contribution in [1.29, 1.82) is 0 Å². The third-order valence-electron chi connectivity index (χ3n) is 1.96. The van der Waals surface area contributed by atoms with Crippen LogP contribution in [0.15, 0.2) is 12.1 Å². The predicted octanol–water partition coefficient (Wildman–Crippen LogP) is 1.59. The summed E-state index contributed by atoms with van der Waals surface area (Å²) in [5, 5.41) is 9.90. The van der Waals surface area contributed by atoms with Crippen molar-refractivity contribution in [3.63, 3.8) is 0 Å². The first kappa shape index (κ1) is 11.8. The molecule has 5 heteroatoms. The quantitative estimate of drug-likeness (QED) is 0.769. The lowest BCUT2D eigenvalue weighted by molar-refractivity contribution is 0.0982. The van der Waals surface area contributed by atoms with E-state index in [-0.39, 0.29) is 40.8 Å². The summed E-state index contributed by atoms with van der Waals surface area (Å²) in [6.07, 6.45) is 0.139. The van der Waals surface area contributed by atoms with Gasteiger partial charge in [-0.25, -0.2) is 0 Å². The Bertz CT molecular complexity index is 379. The van der Waals surface area contributed by atoms with Crippen molar-refractivity contribution >= 4 is 17.4 Å². The Hall–Kier alpha value is -1.26. The van der Waals surface area contributed by atoms with Gasteiger partial charge < -0.3 is 15.6 Å². The molecule has 0 radical (unpaired) electrons. The average molecular weight is 230 g/mol. The standard InChI is InChI=1S/C10H12ClNO3/c1-15-8-3-2-6(11)9(10(8)14)7(13)4-5-12/h2-3,14H,4-5,12H2,1H3. The van der Waals surface area contributed by atoms with Crippen LogP contribution in [0, 0.1) is 0 Å². The molecule has 0 atom stereocenters. The number of carbonyl (C=O) groups is 1. The normalized spacial score (nSPS) is 10.1. The molecule has 82 valence electrons. The number of phenols is 1. The zero-order valence-corrected chi connectivity index (χ0v) is 9.04. The lowest BCUT2D eigenvalue weighted by Crippen LogP contribution is -2.09. The van der Waals surface area contributed by atoms with Crippen molar-refractivity contribution in [2.75, 3.05) is 13.7 Å². The number of aromatic hydroxyl groups is 1. The SMILES string of the molecule is COc1ccc(Cl)c(C(=O)CCN)c1O. The Labute approximate surface area is 92.6 Å². The molecular weight excluding hydrogens is 218 g/mol. The number of halogens is 1. The Balaban J connectivity index is 3.20. The van der Waals surface area contributed by atoms with E-state index in [1.165, 1.54) is 19.2 Å². The number of ketones is 1. The van der Waals surface area contributed by atoms with Gasteiger partial charge in [-0.05, 0) is 18.7 Å². The van der Waals surface area contributed by atoms with Gasteiger partial charge in [-0.15, -0.1) is 0 Å². The molecule has 4 nitrogen and oxygen atoms in total. The predicted molar refractivity (Wildman–Crippen MR) is 57.7 cm³/mol. The second kappa shape index (κ2) is 5.00. The maximum Gasteiger partial charge on any atom is 0.170 e. The second-order valence-corrected chi connectivity index (χ2v) is 3.34. The fourth-order valence-corrected chi connectivity index (χ4v) is 1.49. The largest absolute Gasteiger partial charge is 0.504 e. The summed E-state index contributed by atoms with van der Waals surface area (Å²) in [6.45, 7) is 0.214. The van der Waals surface area contributed by atoms with Crippen LogP contribution in [0.3, 0.4) is 0 Å². The summed E-state index contributed by atoms with van der Waals surface area (Å²) in [6, 6.07) is 3.00. The van der Waals surface area contributed by atoms with E-state index < -0.39 is 0 Å². The van der Waals surface area contributed by atoms with E-state index in [9.17, 15) is 9.90 Å². The van der Waals surface area contributed by atoms with Gasteiger partial charge in [0.15, 0.2) is 17.3 Å². The summed E-state index contributed by atoms with van der Waals surface area (Å²) in [5.74, 6) is -0.304. The number of benzene rings is 1.